The van der Waals surface area contributed by atoms with Crippen molar-refractivity contribution in [2.75, 3.05) is 36.8 Å². The molecular weight excluding hydrogens is 585 g/mol. The molecule has 1 saturated heterocycles. The predicted octanol–water partition coefficient (Wildman–Crippen LogP) is 7.20. The number of anilines is 2. The molecule has 1 aliphatic heterocycles. The number of halogens is 3. The number of carbonyl (C=O) groups is 2. The van der Waals surface area contributed by atoms with E-state index >= 15 is 0 Å². The van der Waals surface area contributed by atoms with E-state index in [9.17, 15) is 9.59 Å². The third-order valence-electron chi connectivity index (χ3n) is 6.41. The van der Waals surface area contributed by atoms with E-state index in [0.717, 1.165) is 19.6 Å². The van der Waals surface area contributed by atoms with Gasteiger partial charge in [-0.15, -0.1) is 12.4 Å². The molecule has 1 fully saturated rings. The normalized spacial score (nSPS) is 13.2. The lowest BCUT2D eigenvalue weighted by molar-refractivity contribution is 0.102. The first-order chi connectivity index (χ1) is 19.4. The molecule has 0 radical (unpaired) electrons. The smallest absolute Gasteiger partial charge is 0.321 e. The summed E-state index contributed by atoms with van der Waals surface area (Å²) in [6.45, 7) is 3.91. The first kappa shape index (κ1) is 30.1. The Morgan fingerprint density at radius 1 is 0.805 bits per heavy atom. The van der Waals surface area contributed by atoms with Crippen molar-refractivity contribution < 1.29 is 14.3 Å². The first-order valence-electron chi connectivity index (χ1n) is 12.8. The SMILES string of the molecule is Cl.O=C(Nc1ccc(Oc2ccc(NC(=O)N3CCN(Cc4ccccc4)CC3)cc2)nc1)c1ccc(Cl)c(Cl)c1. The minimum absolute atomic E-state index is 0. The van der Waals surface area contributed by atoms with E-state index in [-0.39, 0.29) is 24.3 Å². The van der Waals surface area contributed by atoms with Crippen molar-refractivity contribution in [3.05, 3.63) is 112 Å². The highest BCUT2D eigenvalue weighted by molar-refractivity contribution is 6.42. The Morgan fingerprint density at radius 2 is 1.51 bits per heavy atom. The third kappa shape index (κ3) is 8.34. The maximum absolute atomic E-state index is 12.8. The van der Waals surface area contributed by atoms with Gasteiger partial charge in [0.15, 0.2) is 0 Å². The van der Waals surface area contributed by atoms with Gasteiger partial charge in [0.2, 0.25) is 5.88 Å². The van der Waals surface area contributed by atoms with Crippen molar-refractivity contribution in [2.45, 2.75) is 6.54 Å². The fourth-order valence-electron chi connectivity index (χ4n) is 4.24. The number of aromatic nitrogens is 1. The fraction of sp³-hybridized carbons (Fsp3) is 0.167. The van der Waals surface area contributed by atoms with Crippen molar-refractivity contribution in [1.82, 2.24) is 14.8 Å². The first-order valence-corrected chi connectivity index (χ1v) is 13.5. The van der Waals surface area contributed by atoms with Gasteiger partial charge in [-0.1, -0.05) is 53.5 Å². The number of amides is 3. The van der Waals surface area contributed by atoms with Gasteiger partial charge in [-0.25, -0.2) is 9.78 Å². The third-order valence-corrected chi connectivity index (χ3v) is 7.15. The molecular formula is C30H28Cl3N5O3. The molecule has 4 aromatic rings. The molecule has 2 heterocycles. The molecule has 0 aliphatic carbocycles. The van der Waals surface area contributed by atoms with Gasteiger partial charge in [0, 0.05) is 50.0 Å². The predicted molar refractivity (Wildman–Crippen MR) is 165 cm³/mol. The Bertz CT molecular complexity index is 1460. The van der Waals surface area contributed by atoms with Crippen molar-refractivity contribution in [1.29, 1.82) is 0 Å². The van der Waals surface area contributed by atoms with Crippen LogP contribution in [0.1, 0.15) is 15.9 Å². The summed E-state index contributed by atoms with van der Waals surface area (Å²) in [7, 11) is 0. The summed E-state index contributed by atoms with van der Waals surface area (Å²) in [6, 6.07) is 25.3. The number of rotatable bonds is 7. The zero-order valence-electron chi connectivity index (χ0n) is 21.9. The van der Waals surface area contributed by atoms with E-state index in [1.807, 2.05) is 23.1 Å². The summed E-state index contributed by atoms with van der Waals surface area (Å²) in [5, 5.41) is 6.39. The van der Waals surface area contributed by atoms with Crippen molar-refractivity contribution in [3.63, 3.8) is 0 Å². The van der Waals surface area contributed by atoms with Crippen LogP contribution in [0.15, 0.2) is 91.1 Å². The molecule has 2 N–H and O–H groups in total. The maximum atomic E-state index is 12.8. The van der Waals surface area contributed by atoms with Gasteiger partial charge in [-0.05, 0) is 54.1 Å². The summed E-state index contributed by atoms with van der Waals surface area (Å²) in [4.78, 5) is 33.6. The quantitative estimate of drug-likeness (QED) is 0.230. The second kappa shape index (κ2) is 14.2. The van der Waals surface area contributed by atoms with Crippen LogP contribution in [0.5, 0.6) is 11.6 Å². The average molecular weight is 613 g/mol. The number of pyridine rings is 1. The Hall–Kier alpha value is -3.82. The number of piperazine rings is 1. The van der Waals surface area contributed by atoms with Gasteiger partial charge in [-0.2, -0.15) is 0 Å². The number of carbonyl (C=O) groups excluding carboxylic acids is 2. The number of ether oxygens (including phenoxy) is 1. The molecule has 3 amide bonds. The lowest BCUT2D eigenvalue weighted by Gasteiger charge is -2.34. The van der Waals surface area contributed by atoms with E-state index < -0.39 is 0 Å². The van der Waals surface area contributed by atoms with E-state index in [4.69, 9.17) is 27.9 Å². The largest absolute Gasteiger partial charge is 0.439 e. The van der Waals surface area contributed by atoms with Crippen LogP contribution >= 0.6 is 35.6 Å². The monoisotopic (exact) mass is 611 g/mol. The summed E-state index contributed by atoms with van der Waals surface area (Å²) >= 11 is 11.9. The molecule has 8 nitrogen and oxygen atoms in total. The molecule has 0 bridgehead atoms. The Labute approximate surface area is 254 Å². The fourth-order valence-corrected chi connectivity index (χ4v) is 4.53. The number of nitrogens with zero attached hydrogens (tertiary/aromatic N) is 3. The minimum Gasteiger partial charge on any atom is -0.439 e. The van der Waals surface area contributed by atoms with Gasteiger partial charge in [-0.3, -0.25) is 9.69 Å². The molecule has 212 valence electrons. The lowest BCUT2D eigenvalue weighted by Crippen LogP contribution is -2.49. The van der Waals surface area contributed by atoms with Gasteiger partial charge in [0.1, 0.15) is 5.75 Å². The molecule has 3 aromatic carbocycles. The van der Waals surface area contributed by atoms with Crippen molar-refractivity contribution in [3.8, 4) is 11.6 Å². The molecule has 0 spiro atoms. The number of benzene rings is 3. The zero-order valence-corrected chi connectivity index (χ0v) is 24.3. The van der Waals surface area contributed by atoms with Gasteiger partial charge in [0.05, 0.1) is 21.9 Å². The summed E-state index contributed by atoms with van der Waals surface area (Å²) in [6.07, 6.45) is 1.50. The van der Waals surface area contributed by atoms with Gasteiger partial charge >= 0.3 is 6.03 Å². The maximum Gasteiger partial charge on any atom is 0.321 e. The van der Waals surface area contributed by atoms with Crippen LogP contribution in [0.25, 0.3) is 0 Å². The molecule has 0 saturated carbocycles. The molecule has 1 aromatic heterocycles. The van der Waals surface area contributed by atoms with Crippen LogP contribution < -0.4 is 15.4 Å². The highest BCUT2D eigenvalue weighted by Crippen LogP contribution is 2.25. The number of hydrogen-bond donors (Lipinski definition) is 2. The van der Waals surface area contributed by atoms with Crippen LogP contribution in [-0.2, 0) is 6.54 Å². The van der Waals surface area contributed by atoms with E-state index in [0.29, 0.717) is 51.7 Å². The summed E-state index contributed by atoms with van der Waals surface area (Å²) in [5.41, 5.74) is 2.84. The van der Waals surface area contributed by atoms with E-state index in [2.05, 4.69) is 32.7 Å². The van der Waals surface area contributed by atoms with E-state index in [1.54, 1.807) is 48.5 Å². The number of nitrogens with one attached hydrogen (secondary N) is 2. The number of urea groups is 1. The van der Waals surface area contributed by atoms with Crippen LogP contribution in [0.3, 0.4) is 0 Å². The summed E-state index contributed by atoms with van der Waals surface area (Å²) in [5.74, 6) is 0.589. The second-order valence-electron chi connectivity index (χ2n) is 9.27. The Balaban J connectivity index is 0.00000387. The molecule has 0 unspecified atom stereocenters. The Kier molecular flexibility index (Phi) is 10.4. The zero-order chi connectivity index (χ0) is 27.9. The molecule has 41 heavy (non-hydrogen) atoms. The van der Waals surface area contributed by atoms with Gasteiger partial charge < -0.3 is 20.3 Å². The van der Waals surface area contributed by atoms with E-state index in [1.165, 1.54) is 17.8 Å². The molecule has 1 aliphatic rings. The van der Waals surface area contributed by atoms with Crippen LogP contribution in [0, 0.1) is 0 Å². The van der Waals surface area contributed by atoms with Crippen LogP contribution in [-0.4, -0.2) is 52.9 Å². The highest BCUT2D eigenvalue weighted by Gasteiger charge is 2.21. The second-order valence-corrected chi connectivity index (χ2v) is 10.1. The molecule has 5 rings (SSSR count). The molecule has 11 heteroatoms. The minimum atomic E-state index is -0.333. The van der Waals surface area contributed by atoms with Crippen LogP contribution in [0.2, 0.25) is 10.0 Å². The lowest BCUT2D eigenvalue weighted by atomic mass is 10.2. The van der Waals surface area contributed by atoms with Crippen molar-refractivity contribution >= 4 is 58.9 Å². The topological polar surface area (TPSA) is 86.8 Å². The highest BCUT2D eigenvalue weighted by atomic mass is 35.5. The standard InChI is InChI=1S/C30H27Cl2N5O3.ClH/c31-26-12-6-22(18-27(26)32)29(38)34-24-9-13-28(33-19-24)40-25-10-7-23(8-11-25)35-30(39)37-16-14-36(15-17-37)20-21-4-2-1-3-5-21;/h1-13,18-19H,14-17,20H2,(H,34,38)(H,35,39);1H. The molecule has 0 atom stereocenters. The number of hydrogen-bond acceptors (Lipinski definition) is 5. The van der Waals surface area contributed by atoms with Gasteiger partial charge in [0.25, 0.3) is 5.91 Å². The van der Waals surface area contributed by atoms with Crippen LogP contribution in [0.4, 0.5) is 16.2 Å². The van der Waals surface area contributed by atoms with Crippen molar-refractivity contribution in [2.24, 2.45) is 0 Å². The summed E-state index contributed by atoms with van der Waals surface area (Å²) < 4.78 is 5.80. The average Bonchev–Trinajstić information content (AvgIpc) is 2.97. The Morgan fingerprint density at radius 3 is 2.17 bits per heavy atom.